The van der Waals surface area contributed by atoms with Crippen LogP contribution in [-0.4, -0.2) is 23.6 Å². The predicted octanol–water partition coefficient (Wildman–Crippen LogP) is 1.88. The highest BCUT2D eigenvalue weighted by Gasteiger charge is 2.42. The summed E-state index contributed by atoms with van der Waals surface area (Å²) in [6.45, 7) is 0. The molecule has 2 atom stereocenters. The summed E-state index contributed by atoms with van der Waals surface area (Å²) in [6.07, 6.45) is 6.04. The lowest BCUT2D eigenvalue weighted by molar-refractivity contribution is 0.173. The molecule has 2 unspecified atom stereocenters. The highest BCUT2D eigenvalue weighted by atomic mass is 32.2. The first-order valence-corrected chi connectivity index (χ1v) is 6.43. The van der Waals surface area contributed by atoms with E-state index in [2.05, 4.69) is 17.1 Å². The summed E-state index contributed by atoms with van der Waals surface area (Å²) in [6, 6.07) is 1.80. The van der Waals surface area contributed by atoms with Crippen LogP contribution < -0.4 is 5.32 Å². The van der Waals surface area contributed by atoms with Crippen LogP contribution in [-0.2, 0) is 0 Å². The van der Waals surface area contributed by atoms with E-state index in [1.54, 1.807) is 0 Å². The van der Waals surface area contributed by atoms with E-state index < -0.39 is 0 Å². The smallest absolute Gasteiger partial charge is 0.0251 e. The van der Waals surface area contributed by atoms with Gasteiger partial charge in [-0.05, 0) is 37.5 Å². The van der Waals surface area contributed by atoms with Gasteiger partial charge in [-0.1, -0.05) is 0 Å². The summed E-state index contributed by atoms with van der Waals surface area (Å²) in [5.74, 6) is 4.95. The quantitative estimate of drug-likeness (QED) is 0.717. The number of nitrogens with one attached hydrogen (secondary N) is 1. The van der Waals surface area contributed by atoms with Crippen LogP contribution in [0, 0.1) is 11.8 Å². The van der Waals surface area contributed by atoms with Crippen molar-refractivity contribution in [2.75, 3.05) is 11.5 Å². The van der Waals surface area contributed by atoms with Crippen molar-refractivity contribution in [2.45, 2.75) is 37.8 Å². The van der Waals surface area contributed by atoms with Gasteiger partial charge in [0.1, 0.15) is 0 Å². The fourth-order valence-electron chi connectivity index (χ4n) is 2.46. The Morgan fingerprint density at radius 3 is 2.25 bits per heavy atom. The first-order valence-electron chi connectivity index (χ1n) is 5.27. The molecule has 3 aliphatic rings. The number of hydrogen-bond donors (Lipinski definition) is 1. The van der Waals surface area contributed by atoms with Gasteiger partial charge in [0.25, 0.3) is 0 Å². The molecule has 1 N–H and O–H groups in total. The van der Waals surface area contributed by atoms with Gasteiger partial charge in [-0.2, -0.15) is 11.8 Å². The van der Waals surface area contributed by atoms with Gasteiger partial charge in [-0.3, -0.25) is 0 Å². The summed E-state index contributed by atoms with van der Waals surface area (Å²) < 4.78 is 0. The van der Waals surface area contributed by atoms with Crippen LogP contribution in [0.25, 0.3) is 0 Å². The molecule has 2 heteroatoms. The second-order valence-corrected chi connectivity index (χ2v) is 5.66. The fraction of sp³-hybridized carbons (Fsp3) is 1.00. The van der Waals surface area contributed by atoms with Gasteiger partial charge >= 0.3 is 0 Å². The Kier molecular flexibility index (Phi) is 1.87. The zero-order valence-corrected chi connectivity index (χ0v) is 8.28. The van der Waals surface area contributed by atoms with E-state index in [1.165, 1.54) is 37.2 Å². The Morgan fingerprint density at radius 1 is 1.00 bits per heavy atom. The fourth-order valence-corrected chi connectivity index (χ4v) is 3.12. The standard InChI is InChI=1S/C10H17NS/c1-2-7(1)9-3-4-10(9)11-8-5-12-6-8/h7-11H,1-6H2. The molecule has 2 aliphatic carbocycles. The molecule has 0 bridgehead atoms. The normalized spacial score (nSPS) is 42.0. The number of thioether (sulfide) groups is 1. The number of rotatable bonds is 3. The maximum Gasteiger partial charge on any atom is 0.0251 e. The van der Waals surface area contributed by atoms with Gasteiger partial charge in [-0.15, -0.1) is 0 Å². The summed E-state index contributed by atoms with van der Waals surface area (Å²) >= 11 is 2.08. The molecule has 0 amide bonds. The first-order chi connectivity index (χ1) is 5.93. The van der Waals surface area contributed by atoms with E-state index in [4.69, 9.17) is 0 Å². The van der Waals surface area contributed by atoms with Gasteiger partial charge < -0.3 is 5.32 Å². The third-order valence-corrected chi connectivity index (χ3v) is 4.92. The zero-order valence-electron chi connectivity index (χ0n) is 7.46. The van der Waals surface area contributed by atoms with Crippen LogP contribution >= 0.6 is 11.8 Å². The monoisotopic (exact) mass is 183 g/mol. The molecular formula is C10H17NS. The molecule has 0 radical (unpaired) electrons. The molecule has 1 heterocycles. The summed E-state index contributed by atoms with van der Waals surface area (Å²) in [5, 5.41) is 3.80. The third kappa shape index (κ3) is 1.29. The minimum Gasteiger partial charge on any atom is -0.309 e. The molecule has 12 heavy (non-hydrogen) atoms. The SMILES string of the molecule is C1SCC1NC1CCC1C1CC1. The highest BCUT2D eigenvalue weighted by Crippen LogP contribution is 2.47. The van der Waals surface area contributed by atoms with Crippen molar-refractivity contribution in [2.24, 2.45) is 11.8 Å². The Bertz CT molecular complexity index is 175. The minimum atomic E-state index is 0.876. The second kappa shape index (κ2) is 2.91. The molecule has 0 aromatic rings. The Hall–Kier alpha value is 0.310. The van der Waals surface area contributed by atoms with Gasteiger partial charge in [0.05, 0.1) is 0 Å². The van der Waals surface area contributed by atoms with Gasteiger partial charge in [0.2, 0.25) is 0 Å². The van der Waals surface area contributed by atoms with Crippen molar-refractivity contribution in [3.05, 3.63) is 0 Å². The largest absolute Gasteiger partial charge is 0.309 e. The van der Waals surface area contributed by atoms with E-state index >= 15 is 0 Å². The summed E-state index contributed by atoms with van der Waals surface area (Å²) in [7, 11) is 0. The summed E-state index contributed by atoms with van der Waals surface area (Å²) in [4.78, 5) is 0. The van der Waals surface area contributed by atoms with Crippen molar-refractivity contribution in [3.8, 4) is 0 Å². The molecule has 0 aromatic carbocycles. The van der Waals surface area contributed by atoms with Crippen molar-refractivity contribution in [1.29, 1.82) is 0 Å². The maximum atomic E-state index is 3.80. The third-order valence-electron chi connectivity index (χ3n) is 3.64. The van der Waals surface area contributed by atoms with E-state index in [1.807, 2.05) is 0 Å². The average molecular weight is 183 g/mol. The Morgan fingerprint density at radius 2 is 1.83 bits per heavy atom. The van der Waals surface area contributed by atoms with Gasteiger partial charge in [0, 0.05) is 23.6 Å². The predicted molar refractivity (Wildman–Crippen MR) is 53.5 cm³/mol. The van der Waals surface area contributed by atoms with Crippen molar-refractivity contribution in [3.63, 3.8) is 0 Å². The van der Waals surface area contributed by atoms with Crippen LogP contribution in [0.1, 0.15) is 25.7 Å². The minimum absolute atomic E-state index is 0.876. The van der Waals surface area contributed by atoms with E-state index in [-0.39, 0.29) is 0 Å². The Balaban J connectivity index is 1.48. The molecule has 1 saturated heterocycles. The average Bonchev–Trinajstić information content (AvgIpc) is 2.66. The van der Waals surface area contributed by atoms with Crippen LogP contribution in [0.2, 0.25) is 0 Å². The molecular weight excluding hydrogens is 166 g/mol. The molecule has 1 aliphatic heterocycles. The van der Waals surface area contributed by atoms with Crippen LogP contribution in [0.4, 0.5) is 0 Å². The number of hydrogen-bond acceptors (Lipinski definition) is 2. The molecule has 2 saturated carbocycles. The van der Waals surface area contributed by atoms with Crippen molar-refractivity contribution >= 4 is 11.8 Å². The summed E-state index contributed by atoms with van der Waals surface area (Å²) in [5.41, 5.74) is 0. The topological polar surface area (TPSA) is 12.0 Å². The van der Waals surface area contributed by atoms with Crippen LogP contribution in [0.15, 0.2) is 0 Å². The molecule has 0 spiro atoms. The van der Waals surface area contributed by atoms with E-state index in [0.717, 1.165) is 23.9 Å². The zero-order chi connectivity index (χ0) is 7.97. The lowest BCUT2D eigenvalue weighted by Crippen LogP contribution is -2.53. The molecule has 1 nitrogen and oxygen atoms in total. The molecule has 0 aromatic heterocycles. The second-order valence-electron chi connectivity index (χ2n) is 4.59. The maximum absolute atomic E-state index is 3.80. The van der Waals surface area contributed by atoms with E-state index in [9.17, 15) is 0 Å². The van der Waals surface area contributed by atoms with Crippen molar-refractivity contribution in [1.82, 2.24) is 5.32 Å². The van der Waals surface area contributed by atoms with Gasteiger partial charge in [-0.25, -0.2) is 0 Å². The highest BCUT2D eigenvalue weighted by molar-refractivity contribution is 8.00. The van der Waals surface area contributed by atoms with Gasteiger partial charge in [0.15, 0.2) is 0 Å². The van der Waals surface area contributed by atoms with Crippen LogP contribution in [0.5, 0.6) is 0 Å². The molecule has 3 fully saturated rings. The Labute approximate surface area is 78.7 Å². The first kappa shape index (κ1) is 7.69. The van der Waals surface area contributed by atoms with Crippen molar-refractivity contribution < 1.29 is 0 Å². The van der Waals surface area contributed by atoms with E-state index in [0.29, 0.717) is 0 Å². The lowest BCUT2D eigenvalue weighted by atomic mass is 9.76. The lowest BCUT2D eigenvalue weighted by Gasteiger charge is -2.42. The molecule has 3 rings (SSSR count). The molecule has 68 valence electrons. The van der Waals surface area contributed by atoms with Crippen LogP contribution in [0.3, 0.4) is 0 Å².